The van der Waals surface area contributed by atoms with E-state index < -0.39 is 0 Å². The lowest BCUT2D eigenvalue weighted by atomic mass is 9.95. The Labute approximate surface area is 193 Å². The summed E-state index contributed by atoms with van der Waals surface area (Å²) < 4.78 is 1.74. The SMILES string of the molecule is Cn1nccc1CC(=O)c1ccc(CCc2[nH]nc3ccnc(NC4CCCCC4)c23)cc1. The van der Waals surface area contributed by atoms with Crippen molar-refractivity contribution in [3.63, 3.8) is 0 Å². The van der Waals surface area contributed by atoms with Crippen molar-refractivity contribution in [2.24, 2.45) is 7.05 Å². The van der Waals surface area contributed by atoms with Crippen LogP contribution in [0.1, 0.15) is 59.4 Å². The van der Waals surface area contributed by atoms with Crippen LogP contribution in [0.3, 0.4) is 0 Å². The first-order chi connectivity index (χ1) is 16.2. The molecule has 5 rings (SSSR count). The van der Waals surface area contributed by atoms with Gasteiger partial charge in [0.15, 0.2) is 5.78 Å². The Kier molecular flexibility index (Phi) is 6.19. The normalized spacial score (nSPS) is 14.6. The summed E-state index contributed by atoms with van der Waals surface area (Å²) in [7, 11) is 1.86. The van der Waals surface area contributed by atoms with E-state index in [4.69, 9.17) is 0 Å². The van der Waals surface area contributed by atoms with Gasteiger partial charge in [0.25, 0.3) is 0 Å². The highest BCUT2D eigenvalue weighted by atomic mass is 16.1. The van der Waals surface area contributed by atoms with Crippen molar-refractivity contribution in [1.82, 2.24) is 25.0 Å². The van der Waals surface area contributed by atoms with E-state index in [0.29, 0.717) is 12.5 Å². The summed E-state index contributed by atoms with van der Waals surface area (Å²) in [5.41, 5.74) is 4.90. The molecule has 0 aliphatic heterocycles. The molecule has 0 spiro atoms. The Morgan fingerprint density at radius 3 is 2.64 bits per heavy atom. The molecule has 1 aromatic carbocycles. The van der Waals surface area contributed by atoms with Gasteiger partial charge in [-0.2, -0.15) is 10.2 Å². The summed E-state index contributed by atoms with van der Waals surface area (Å²) in [6.07, 6.45) is 11.9. The molecule has 0 amide bonds. The summed E-state index contributed by atoms with van der Waals surface area (Å²) in [4.78, 5) is 17.2. The van der Waals surface area contributed by atoms with Crippen LogP contribution in [0.4, 0.5) is 5.82 Å². The number of hydrogen-bond donors (Lipinski definition) is 2. The number of H-pyrrole nitrogens is 1. The molecule has 0 atom stereocenters. The van der Waals surface area contributed by atoms with Gasteiger partial charge >= 0.3 is 0 Å². The molecule has 1 fully saturated rings. The summed E-state index contributed by atoms with van der Waals surface area (Å²) in [6, 6.07) is 12.3. The van der Waals surface area contributed by atoms with E-state index >= 15 is 0 Å². The summed E-state index contributed by atoms with van der Waals surface area (Å²) in [6.45, 7) is 0. The van der Waals surface area contributed by atoms with Gasteiger partial charge in [0, 0.05) is 42.4 Å². The maximum atomic E-state index is 12.6. The predicted octanol–water partition coefficient (Wildman–Crippen LogP) is 4.65. The maximum absolute atomic E-state index is 12.6. The fourth-order valence-corrected chi connectivity index (χ4v) is 4.72. The number of aromatic amines is 1. The van der Waals surface area contributed by atoms with Crippen molar-refractivity contribution in [3.8, 4) is 0 Å². The molecule has 4 aromatic rings. The summed E-state index contributed by atoms with van der Waals surface area (Å²) in [5.74, 6) is 1.05. The second kappa shape index (κ2) is 9.57. The number of benzene rings is 1. The lowest BCUT2D eigenvalue weighted by Crippen LogP contribution is -2.23. The Morgan fingerprint density at radius 1 is 1.06 bits per heavy atom. The van der Waals surface area contributed by atoms with E-state index in [1.807, 2.05) is 37.5 Å². The second-order valence-electron chi connectivity index (χ2n) is 8.98. The Morgan fingerprint density at radius 2 is 1.88 bits per heavy atom. The first kappa shape index (κ1) is 21.4. The fourth-order valence-electron chi connectivity index (χ4n) is 4.72. The summed E-state index contributed by atoms with van der Waals surface area (Å²) >= 11 is 0. The van der Waals surface area contributed by atoms with Gasteiger partial charge in [-0.15, -0.1) is 0 Å². The minimum Gasteiger partial charge on any atom is -0.367 e. The lowest BCUT2D eigenvalue weighted by Gasteiger charge is -2.23. The van der Waals surface area contributed by atoms with Crippen LogP contribution >= 0.6 is 0 Å². The van der Waals surface area contributed by atoms with Gasteiger partial charge in [-0.1, -0.05) is 43.5 Å². The number of nitrogens with one attached hydrogen (secondary N) is 2. The van der Waals surface area contributed by atoms with Crippen molar-refractivity contribution in [1.29, 1.82) is 0 Å². The number of hydrogen-bond acceptors (Lipinski definition) is 5. The van der Waals surface area contributed by atoms with Gasteiger partial charge in [-0.05, 0) is 43.4 Å². The third kappa shape index (κ3) is 4.82. The molecule has 2 N–H and O–H groups in total. The monoisotopic (exact) mass is 442 g/mol. The van der Waals surface area contributed by atoms with Gasteiger partial charge in [-0.3, -0.25) is 14.6 Å². The van der Waals surface area contributed by atoms with Gasteiger partial charge in [0.1, 0.15) is 5.82 Å². The van der Waals surface area contributed by atoms with Crippen molar-refractivity contribution < 1.29 is 4.79 Å². The number of anilines is 1. The Balaban J connectivity index is 1.26. The molecule has 3 heterocycles. The number of nitrogens with zero attached hydrogens (tertiary/aromatic N) is 4. The first-order valence-corrected chi connectivity index (χ1v) is 11.8. The molecule has 0 bridgehead atoms. The number of rotatable bonds is 8. The molecule has 170 valence electrons. The van der Waals surface area contributed by atoms with Gasteiger partial charge in [0.2, 0.25) is 0 Å². The van der Waals surface area contributed by atoms with Crippen LogP contribution in [-0.4, -0.2) is 36.8 Å². The number of carbonyl (C=O) groups is 1. The van der Waals surface area contributed by atoms with Crippen LogP contribution in [0.25, 0.3) is 10.9 Å². The van der Waals surface area contributed by atoms with E-state index in [2.05, 4.69) is 37.7 Å². The van der Waals surface area contributed by atoms with Crippen LogP contribution in [0.15, 0.2) is 48.8 Å². The zero-order valence-electron chi connectivity index (χ0n) is 19.1. The fraction of sp³-hybridized carbons (Fsp3) is 0.385. The van der Waals surface area contributed by atoms with Crippen LogP contribution in [0.5, 0.6) is 0 Å². The van der Waals surface area contributed by atoms with E-state index in [1.165, 1.54) is 37.7 Å². The lowest BCUT2D eigenvalue weighted by molar-refractivity contribution is 0.0990. The standard InChI is InChI=1S/C26H30N6O/c1-32-21(13-16-28-32)17-24(33)19-10-7-18(8-11-19)9-12-22-25-23(31-30-22)14-15-27-26(25)29-20-5-3-2-4-6-20/h7-8,10-11,13-16,20H,2-6,9,12,17H2,1H3,(H,27,29)(H,30,31). The molecule has 7 nitrogen and oxygen atoms in total. The quantitative estimate of drug-likeness (QED) is 0.388. The largest absolute Gasteiger partial charge is 0.367 e. The van der Waals surface area contributed by atoms with E-state index in [-0.39, 0.29) is 5.78 Å². The number of fused-ring (bicyclic) bond motifs is 1. The molecule has 1 aliphatic carbocycles. The highest BCUT2D eigenvalue weighted by Crippen LogP contribution is 2.28. The smallest absolute Gasteiger partial charge is 0.168 e. The Hall–Kier alpha value is -3.48. The third-order valence-electron chi connectivity index (χ3n) is 6.69. The summed E-state index contributed by atoms with van der Waals surface area (Å²) in [5, 5.41) is 16.6. The number of aryl methyl sites for hydroxylation is 3. The number of carbonyl (C=O) groups excluding carboxylic acids is 1. The maximum Gasteiger partial charge on any atom is 0.168 e. The van der Waals surface area contributed by atoms with Gasteiger partial charge in [-0.25, -0.2) is 4.98 Å². The first-order valence-electron chi connectivity index (χ1n) is 11.8. The van der Waals surface area contributed by atoms with Crippen LogP contribution < -0.4 is 5.32 Å². The van der Waals surface area contributed by atoms with Crippen molar-refractivity contribution in [3.05, 3.63) is 71.3 Å². The predicted molar refractivity (Wildman–Crippen MR) is 129 cm³/mol. The molecule has 3 aromatic heterocycles. The molecule has 1 saturated carbocycles. The molecular weight excluding hydrogens is 412 g/mol. The molecule has 33 heavy (non-hydrogen) atoms. The van der Waals surface area contributed by atoms with Gasteiger partial charge in [0.05, 0.1) is 17.3 Å². The molecular formula is C26H30N6O. The molecule has 0 saturated heterocycles. The second-order valence-corrected chi connectivity index (χ2v) is 8.98. The average molecular weight is 443 g/mol. The van der Waals surface area contributed by atoms with Gasteiger partial charge < -0.3 is 5.32 Å². The minimum atomic E-state index is 0.106. The number of Topliss-reactive ketones (excluding diaryl/α,β-unsaturated/α-hetero) is 1. The van der Waals surface area contributed by atoms with E-state index in [9.17, 15) is 4.79 Å². The minimum absolute atomic E-state index is 0.106. The highest BCUT2D eigenvalue weighted by Gasteiger charge is 2.17. The molecule has 0 unspecified atom stereocenters. The average Bonchev–Trinajstić information content (AvgIpc) is 3.45. The molecule has 7 heteroatoms. The van der Waals surface area contributed by atoms with E-state index in [0.717, 1.165) is 46.5 Å². The van der Waals surface area contributed by atoms with Crippen molar-refractivity contribution >= 4 is 22.5 Å². The topological polar surface area (TPSA) is 88.5 Å². The van der Waals surface area contributed by atoms with Crippen molar-refractivity contribution in [2.45, 2.75) is 57.4 Å². The van der Waals surface area contributed by atoms with E-state index in [1.54, 1.807) is 10.9 Å². The molecule has 0 radical (unpaired) electrons. The molecule has 1 aliphatic rings. The number of ketones is 1. The van der Waals surface area contributed by atoms with Crippen LogP contribution in [0, 0.1) is 0 Å². The number of aromatic nitrogens is 5. The Bertz CT molecular complexity index is 1230. The zero-order chi connectivity index (χ0) is 22.6. The number of pyridine rings is 1. The van der Waals surface area contributed by atoms with Crippen molar-refractivity contribution in [2.75, 3.05) is 5.32 Å². The van der Waals surface area contributed by atoms with Crippen LogP contribution in [0.2, 0.25) is 0 Å². The third-order valence-corrected chi connectivity index (χ3v) is 6.69. The highest BCUT2D eigenvalue weighted by molar-refractivity contribution is 5.97. The zero-order valence-corrected chi connectivity index (χ0v) is 19.1. The van der Waals surface area contributed by atoms with Crippen LogP contribution in [-0.2, 0) is 26.3 Å².